The maximum atomic E-state index is 5.99. The molecule has 0 radical (unpaired) electrons. The van der Waals surface area contributed by atoms with Crippen LogP contribution in [0.3, 0.4) is 0 Å². The third-order valence-electron chi connectivity index (χ3n) is 5.42. The van der Waals surface area contributed by atoms with Crippen molar-refractivity contribution in [3.8, 4) is 0 Å². The Kier molecular flexibility index (Phi) is 6.07. The lowest BCUT2D eigenvalue weighted by Crippen LogP contribution is -2.45. The summed E-state index contributed by atoms with van der Waals surface area (Å²) in [6, 6.07) is 4.26. The largest absolute Gasteiger partial charge is 0.376 e. The summed E-state index contributed by atoms with van der Waals surface area (Å²) in [7, 11) is 0. The normalized spacial score (nSPS) is 25.8. The lowest BCUT2D eigenvalue weighted by Gasteiger charge is -2.36. The third kappa shape index (κ3) is 4.62. The minimum Gasteiger partial charge on any atom is -0.376 e. The number of ether oxygens (including phenoxy) is 2. The molecule has 2 aromatic heterocycles. The molecule has 0 spiro atoms. The highest BCUT2D eigenvalue weighted by molar-refractivity contribution is 5.49. The Labute approximate surface area is 166 Å². The summed E-state index contributed by atoms with van der Waals surface area (Å²) >= 11 is 0. The van der Waals surface area contributed by atoms with Crippen LogP contribution in [0.1, 0.15) is 26.7 Å². The highest BCUT2D eigenvalue weighted by Crippen LogP contribution is 2.25. The summed E-state index contributed by atoms with van der Waals surface area (Å²) in [6.45, 7) is 8.32. The van der Waals surface area contributed by atoms with Gasteiger partial charge >= 0.3 is 0 Å². The Balaban J connectivity index is 1.41. The minimum atomic E-state index is 0.0945. The van der Waals surface area contributed by atoms with Crippen molar-refractivity contribution in [2.24, 2.45) is 5.92 Å². The van der Waals surface area contributed by atoms with E-state index in [-0.39, 0.29) is 18.2 Å². The van der Waals surface area contributed by atoms with Crippen LogP contribution in [0.25, 0.3) is 0 Å². The fourth-order valence-electron chi connectivity index (χ4n) is 4.06. The number of rotatable bonds is 6. The van der Waals surface area contributed by atoms with Crippen LogP contribution >= 0.6 is 0 Å². The van der Waals surface area contributed by atoms with Crippen LogP contribution in [0.15, 0.2) is 30.9 Å². The number of aromatic nitrogens is 4. The number of hydrogen-bond donors (Lipinski definition) is 1. The van der Waals surface area contributed by atoms with Crippen LogP contribution in [0.4, 0.5) is 11.6 Å². The molecule has 152 valence electrons. The second kappa shape index (κ2) is 8.87. The first kappa shape index (κ1) is 19.1. The fraction of sp³-hybridized carbons (Fsp3) is 0.650. The van der Waals surface area contributed by atoms with Crippen molar-refractivity contribution < 1.29 is 9.47 Å². The van der Waals surface area contributed by atoms with E-state index >= 15 is 0 Å². The first-order chi connectivity index (χ1) is 13.7. The molecule has 0 bridgehead atoms. The van der Waals surface area contributed by atoms with E-state index < -0.39 is 0 Å². The Bertz CT molecular complexity index is 738. The smallest absolute Gasteiger partial charge is 0.134 e. The van der Waals surface area contributed by atoms with Crippen LogP contribution in [0.2, 0.25) is 0 Å². The van der Waals surface area contributed by atoms with Crippen LogP contribution < -0.4 is 10.2 Å². The van der Waals surface area contributed by atoms with Gasteiger partial charge in [-0.1, -0.05) is 13.8 Å². The van der Waals surface area contributed by atoms with E-state index in [0.717, 1.165) is 50.7 Å². The van der Waals surface area contributed by atoms with Gasteiger partial charge in [-0.15, -0.1) is 0 Å². The molecule has 0 unspecified atom stereocenters. The van der Waals surface area contributed by atoms with Crippen molar-refractivity contribution in [3.63, 3.8) is 0 Å². The number of nitrogens with one attached hydrogen (secondary N) is 1. The van der Waals surface area contributed by atoms with E-state index in [1.807, 2.05) is 23.0 Å². The lowest BCUT2D eigenvalue weighted by molar-refractivity contribution is -0.0203. The molecule has 2 aromatic rings. The Morgan fingerprint density at radius 2 is 2.18 bits per heavy atom. The molecule has 2 aliphatic heterocycles. The summed E-state index contributed by atoms with van der Waals surface area (Å²) < 4.78 is 13.8. The van der Waals surface area contributed by atoms with Crippen LogP contribution in [0, 0.1) is 5.92 Å². The van der Waals surface area contributed by atoms with Gasteiger partial charge in [0.15, 0.2) is 0 Å². The zero-order chi connectivity index (χ0) is 19.3. The Hall–Kier alpha value is -2.19. The first-order valence-electron chi connectivity index (χ1n) is 10.2. The van der Waals surface area contributed by atoms with Crippen molar-refractivity contribution >= 4 is 11.6 Å². The van der Waals surface area contributed by atoms with Gasteiger partial charge in [-0.05, 0) is 24.8 Å². The van der Waals surface area contributed by atoms with Crippen LogP contribution in [0.5, 0.6) is 0 Å². The molecule has 3 atom stereocenters. The molecule has 8 heteroatoms. The molecule has 4 rings (SSSR count). The molecular formula is C20H30N6O2. The van der Waals surface area contributed by atoms with Gasteiger partial charge in [-0.25, -0.2) is 9.97 Å². The number of morpholine rings is 1. The quantitative estimate of drug-likeness (QED) is 0.815. The highest BCUT2D eigenvalue weighted by Gasteiger charge is 2.29. The summed E-state index contributed by atoms with van der Waals surface area (Å²) in [5.41, 5.74) is 0. The van der Waals surface area contributed by atoms with E-state index in [4.69, 9.17) is 9.47 Å². The van der Waals surface area contributed by atoms with Gasteiger partial charge < -0.3 is 19.7 Å². The predicted molar refractivity (Wildman–Crippen MR) is 107 cm³/mol. The van der Waals surface area contributed by atoms with Gasteiger partial charge in [0, 0.05) is 38.2 Å². The Morgan fingerprint density at radius 3 is 3.00 bits per heavy atom. The molecule has 4 heterocycles. The molecule has 0 aromatic carbocycles. The average molecular weight is 387 g/mol. The van der Waals surface area contributed by atoms with Crippen molar-refractivity contribution in [1.29, 1.82) is 0 Å². The van der Waals surface area contributed by atoms with Crippen LogP contribution in [-0.4, -0.2) is 64.3 Å². The van der Waals surface area contributed by atoms with Gasteiger partial charge in [0.1, 0.15) is 18.0 Å². The lowest BCUT2D eigenvalue weighted by atomic mass is 9.94. The number of anilines is 2. The van der Waals surface area contributed by atoms with Gasteiger partial charge in [-0.3, -0.25) is 4.68 Å². The highest BCUT2D eigenvalue weighted by atomic mass is 16.5. The van der Waals surface area contributed by atoms with Crippen LogP contribution in [-0.2, 0) is 16.0 Å². The molecule has 2 aliphatic rings. The molecular weight excluding hydrogens is 356 g/mol. The van der Waals surface area contributed by atoms with Gasteiger partial charge in [-0.2, -0.15) is 5.10 Å². The first-order valence-corrected chi connectivity index (χ1v) is 10.2. The summed E-state index contributed by atoms with van der Waals surface area (Å²) in [5.74, 6) is 2.27. The Morgan fingerprint density at radius 1 is 1.25 bits per heavy atom. The second-order valence-electron chi connectivity index (χ2n) is 7.90. The SMILES string of the molecule is CC(C)[C@@H]1OCCC[C@@H]1Nc1cc(N2CCO[C@H](Cn3cccn3)C2)ncn1. The van der Waals surface area contributed by atoms with E-state index in [0.29, 0.717) is 12.5 Å². The molecule has 1 N–H and O–H groups in total. The molecule has 8 nitrogen and oxygen atoms in total. The van der Waals surface area contributed by atoms with Crippen molar-refractivity contribution in [3.05, 3.63) is 30.9 Å². The van der Waals surface area contributed by atoms with Crippen molar-refractivity contribution in [2.45, 2.75) is 51.5 Å². The van der Waals surface area contributed by atoms with E-state index in [1.54, 1.807) is 12.5 Å². The maximum absolute atomic E-state index is 5.99. The topological polar surface area (TPSA) is 77.3 Å². The minimum absolute atomic E-state index is 0.0945. The fourth-order valence-corrected chi connectivity index (χ4v) is 4.06. The summed E-state index contributed by atoms with van der Waals surface area (Å²) in [5, 5.41) is 7.87. The monoisotopic (exact) mass is 386 g/mol. The second-order valence-corrected chi connectivity index (χ2v) is 7.90. The van der Waals surface area contributed by atoms with Gasteiger partial charge in [0.2, 0.25) is 0 Å². The number of hydrogen-bond acceptors (Lipinski definition) is 7. The van der Waals surface area contributed by atoms with Crippen molar-refractivity contribution in [1.82, 2.24) is 19.7 Å². The molecule has 0 amide bonds. The summed E-state index contributed by atoms with van der Waals surface area (Å²) in [4.78, 5) is 11.2. The maximum Gasteiger partial charge on any atom is 0.134 e. The van der Waals surface area contributed by atoms with E-state index in [1.165, 1.54) is 0 Å². The zero-order valence-corrected chi connectivity index (χ0v) is 16.7. The zero-order valence-electron chi connectivity index (χ0n) is 16.7. The predicted octanol–water partition coefficient (Wildman–Crippen LogP) is 2.19. The van der Waals surface area contributed by atoms with Gasteiger partial charge in [0.05, 0.1) is 31.4 Å². The van der Waals surface area contributed by atoms with Gasteiger partial charge in [0.25, 0.3) is 0 Å². The standard InChI is InChI=1S/C20H30N6O2/c1-15(2)20-17(5-3-9-28-20)24-18-11-19(22-14-21-18)25-8-10-27-16(12-25)13-26-7-4-6-23-26/h4,6-7,11,14-17,20H,3,5,8-10,12-13H2,1-2H3,(H,21,22,24)/t16-,17-,20-/m0/s1. The molecule has 2 fully saturated rings. The average Bonchev–Trinajstić information content (AvgIpc) is 3.22. The van der Waals surface area contributed by atoms with Crippen molar-refractivity contribution in [2.75, 3.05) is 36.5 Å². The molecule has 2 saturated heterocycles. The number of nitrogens with zero attached hydrogens (tertiary/aromatic N) is 5. The third-order valence-corrected chi connectivity index (χ3v) is 5.42. The summed E-state index contributed by atoms with van der Waals surface area (Å²) in [6.07, 6.45) is 7.90. The molecule has 0 aliphatic carbocycles. The van der Waals surface area contributed by atoms with E-state index in [9.17, 15) is 0 Å². The van der Waals surface area contributed by atoms with E-state index in [2.05, 4.69) is 39.1 Å². The molecule has 0 saturated carbocycles. The molecule has 28 heavy (non-hydrogen) atoms.